The SMILES string of the molecule is O=C(/C=C\C(=O)OCC(Br)CBr)OCC(Br)CBr. The fourth-order valence-corrected chi connectivity index (χ4v) is 1.30. The van der Waals surface area contributed by atoms with E-state index >= 15 is 0 Å². The minimum atomic E-state index is -0.576. The van der Waals surface area contributed by atoms with Crippen LogP contribution in [0.3, 0.4) is 0 Å². The maximum Gasteiger partial charge on any atom is 0.331 e. The zero-order valence-corrected chi connectivity index (χ0v) is 15.6. The monoisotopic (exact) mass is 512 g/mol. The van der Waals surface area contributed by atoms with E-state index in [-0.39, 0.29) is 22.9 Å². The van der Waals surface area contributed by atoms with Gasteiger partial charge in [-0.3, -0.25) is 0 Å². The topological polar surface area (TPSA) is 52.6 Å². The molecule has 0 amide bonds. The first-order chi connectivity index (χ1) is 8.49. The maximum absolute atomic E-state index is 11.2. The Hall–Kier alpha value is 0.600. The normalized spacial score (nSPS) is 14.2. The second kappa shape index (κ2) is 11.4. The summed E-state index contributed by atoms with van der Waals surface area (Å²) in [4.78, 5) is 22.5. The van der Waals surface area contributed by atoms with Crippen LogP contribution in [0.15, 0.2) is 12.2 Å². The van der Waals surface area contributed by atoms with Gasteiger partial charge in [-0.05, 0) is 0 Å². The third kappa shape index (κ3) is 10.5. The maximum atomic E-state index is 11.2. The van der Waals surface area contributed by atoms with Crippen LogP contribution in [0.5, 0.6) is 0 Å². The lowest BCUT2D eigenvalue weighted by atomic mass is 10.5. The number of hydrogen-bond donors (Lipinski definition) is 0. The zero-order chi connectivity index (χ0) is 14.0. The minimum absolute atomic E-state index is 0.0508. The number of hydrogen-bond acceptors (Lipinski definition) is 4. The highest BCUT2D eigenvalue weighted by Crippen LogP contribution is 2.05. The zero-order valence-electron chi connectivity index (χ0n) is 9.28. The van der Waals surface area contributed by atoms with E-state index in [2.05, 4.69) is 63.7 Å². The summed E-state index contributed by atoms with van der Waals surface area (Å²) in [7, 11) is 0. The number of esters is 2. The molecule has 0 aliphatic carbocycles. The molecule has 2 unspecified atom stereocenters. The van der Waals surface area contributed by atoms with Crippen LogP contribution in [0.4, 0.5) is 0 Å². The second-order valence-electron chi connectivity index (χ2n) is 3.10. The molecule has 0 fully saturated rings. The molecule has 0 aromatic rings. The summed E-state index contributed by atoms with van der Waals surface area (Å²) >= 11 is 13.0. The molecular weight excluding hydrogens is 504 g/mol. The van der Waals surface area contributed by atoms with Gasteiger partial charge in [0.25, 0.3) is 0 Å². The fraction of sp³-hybridized carbons (Fsp3) is 0.600. The molecule has 8 heteroatoms. The molecule has 0 aliphatic heterocycles. The fourth-order valence-electron chi connectivity index (χ4n) is 0.667. The van der Waals surface area contributed by atoms with Gasteiger partial charge in [-0.1, -0.05) is 63.7 Å². The molecule has 0 N–H and O–H groups in total. The highest BCUT2D eigenvalue weighted by atomic mass is 79.9. The van der Waals surface area contributed by atoms with Crippen LogP contribution in [0.1, 0.15) is 0 Å². The number of rotatable bonds is 8. The van der Waals surface area contributed by atoms with E-state index in [9.17, 15) is 9.59 Å². The number of carbonyl (C=O) groups is 2. The second-order valence-corrected chi connectivity index (χ2v) is 6.98. The van der Waals surface area contributed by atoms with Crippen molar-refractivity contribution in [2.24, 2.45) is 0 Å². The molecule has 4 nitrogen and oxygen atoms in total. The molecule has 18 heavy (non-hydrogen) atoms. The number of carbonyl (C=O) groups excluding carboxylic acids is 2. The first-order valence-corrected chi connectivity index (χ1v) is 8.98. The Morgan fingerprint density at radius 3 is 1.50 bits per heavy atom. The molecule has 0 aliphatic rings. The summed E-state index contributed by atoms with van der Waals surface area (Å²) in [5, 5.41) is 1.34. The highest BCUT2D eigenvalue weighted by Gasteiger charge is 2.07. The van der Waals surface area contributed by atoms with Crippen LogP contribution in [0.2, 0.25) is 0 Å². The van der Waals surface area contributed by atoms with E-state index in [0.29, 0.717) is 10.7 Å². The van der Waals surface area contributed by atoms with Gasteiger partial charge in [0.15, 0.2) is 0 Å². The van der Waals surface area contributed by atoms with E-state index < -0.39 is 11.9 Å². The van der Waals surface area contributed by atoms with Gasteiger partial charge in [-0.2, -0.15) is 0 Å². The molecule has 0 spiro atoms. The van der Waals surface area contributed by atoms with Crippen LogP contribution < -0.4 is 0 Å². The van der Waals surface area contributed by atoms with E-state index in [1.807, 2.05) is 0 Å². The Kier molecular flexibility index (Phi) is 11.8. The number of ether oxygens (including phenoxy) is 2. The number of halogens is 4. The standard InChI is InChI=1S/C10H12Br4O4/c11-3-7(13)5-17-9(15)1-2-10(16)18-6-8(14)4-12/h1-2,7-8H,3-6H2/b2-1-. The van der Waals surface area contributed by atoms with E-state index in [1.165, 1.54) is 0 Å². The van der Waals surface area contributed by atoms with Crippen LogP contribution in [-0.2, 0) is 19.1 Å². The van der Waals surface area contributed by atoms with Crippen molar-refractivity contribution in [1.82, 2.24) is 0 Å². The smallest absolute Gasteiger partial charge is 0.331 e. The largest absolute Gasteiger partial charge is 0.461 e. The third-order valence-electron chi connectivity index (χ3n) is 1.50. The first kappa shape index (κ1) is 18.6. The van der Waals surface area contributed by atoms with E-state index in [4.69, 9.17) is 9.47 Å². The van der Waals surface area contributed by atoms with Crippen LogP contribution >= 0.6 is 63.7 Å². The van der Waals surface area contributed by atoms with Gasteiger partial charge in [-0.15, -0.1) is 0 Å². The molecule has 0 saturated carbocycles. The van der Waals surface area contributed by atoms with Crippen molar-refractivity contribution in [3.8, 4) is 0 Å². The average molecular weight is 516 g/mol. The molecule has 0 rings (SSSR count). The van der Waals surface area contributed by atoms with Crippen LogP contribution in [0.25, 0.3) is 0 Å². The molecular formula is C10H12Br4O4. The van der Waals surface area contributed by atoms with Gasteiger partial charge >= 0.3 is 11.9 Å². The van der Waals surface area contributed by atoms with Gasteiger partial charge < -0.3 is 9.47 Å². The molecule has 0 saturated heterocycles. The van der Waals surface area contributed by atoms with E-state index in [0.717, 1.165) is 12.2 Å². The quantitative estimate of drug-likeness (QED) is 0.283. The number of alkyl halides is 4. The van der Waals surface area contributed by atoms with Crippen molar-refractivity contribution in [3.05, 3.63) is 12.2 Å². The predicted molar refractivity (Wildman–Crippen MR) is 84.1 cm³/mol. The summed E-state index contributed by atoms with van der Waals surface area (Å²) in [5.74, 6) is -1.15. The van der Waals surface area contributed by atoms with Crippen molar-refractivity contribution < 1.29 is 19.1 Å². The lowest BCUT2D eigenvalue weighted by molar-refractivity contribution is -0.140. The average Bonchev–Trinajstić information content (AvgIpc) is 2.39. The summed E-state index contributed by atoms with van der Waals surface area (Å²) in [6.45, 7) is 0.465. The Balaban J connectivity index is 3.85. The van der Waals surface area contributed by atoms with Gasteiger partial charge in [0.1, 0.15) is 13.2 Å². The summed E-state index contributed by atoms with van der Waals surface area (Å²) < 4.78 is 9.73. The van der Waals surface area contributed by atoms with Crippen molar-refractivity contribution in [3.63, 3.8) is 0 Å². The van der Waals surface area contributed by atoms with Crippen LogP contribution in [-0.4, -0.2) is 45.5 Å². The molecule has 0 radical (unpaired) electrons. The lowest BCUT2D eigenvalue weighted by Crippen LogP contribution is -2.15. The van der Waals surface area contributed by atoms with Crippen molar-refractivity contribution in [2.45, 2.75) is 9.65 Å². The minimum Gasteiger partial charge on any atom is -0.461 e. The molecule has 104 valence electrons. The Morgan fingerprint density at radius 1 is 0.889 bits per heavy atom. The van der Waals surface area contributed by atoms with Crippen molar-refractivity contribution in [2.75, 3.05) is 23.9 Å². The Bertz CT molecular complexity index is 268. The Labute approximate surface area is 139 Å². The molecule has 0 aromatic heterocycles. The predicted octanol–water partition coefficient (Wildman–Crippen LogP) is 2.95. The molecule has 0 aromatic carbocycles. The first-order valence-electron chi connectivity index (χ1n) is 4.91. The van der Waals surface area contributed by atoms with Gasteiger partial charge in [0.05, 0.1) is 9.65 Å². The van der Waals surface area contributed by atoms with Crippen molar-refractivity contribution in [1.29, 1.82) is 0 Å². The third-order valence-corrected chi connectivity index (χ3v) is 5.98. The van der Waals surface area contributed by atoms with E-state index in [1.54, 1.807) is 0 Å². The summed E-state index contributed by atoms with van der Waals surface area (Å²) in [5.41, 5.74) is 0. The van der Waals surface area contributed by atoms with Crippen molar-refractivity contribution >= 4 is 75.7 Å². The summed E-state index contributed by atoms with van der Waals surface area (Å²) in [6.07, 6.45) is 2.10. The highest BCUT2D eigenvalue weighted by molar-refractivity contribution is 9.12. The molecule has 0 heterocycles. The van der Waals surface area contributed by atoms with Gasteiger partial charge in [-0.25, -0.2) is 9.59 Å². The van der Waals surface area contributed by atoms with Crippen LogP contribution in [0, 0.1) is 0 Å². The van der Waals surface area contributed by atoms with Gasteiger partial charge in [0.2, 0.25) is 0 Å². The summed E-state index contributed by atoms with van der Waals surface area (Å²) in [6, 6.07) is 0. The van der Waals surface area contributed by atoms with Gasteiger partial charge in [0, 0.05) is 22.8 Å². The molecule has 0 bridgehead atoms. The molecule has 2 atom stereocenters. The lowest BCUT2D eigenvalue weighted by Gasteiger charge is -2.06. The Morgan fingerprint density at radius 2 is 1.22 bits per heavy atom.